The lowest BCUT2D eigenvalue weighted by Gasteiger charge is -2.26. The topological polar surface area (TPSA) is 66.2 Å². The number of benzene rings is 1. The van der Waals surface area contributed by atoms with E-state index in [0.29, 0.717) is 29.5 Å². The van der Waals surface area contributed by atoms with E-state index in [9.17, 15) is 0 Å². The molecule has 2 rings (SSSR count). The first kappa shape index (κ1) is 14.7. The number of ether oxygens (including phenoxy) is 4. The van der Waals surface area contributed by atoms with E-state index >= 15 is 0 Å². The number of morpholine rings is 1. The van der Waals surface area contributed by atoms with E-state index in [1.165, 1.54) is 0 Å². The summed E-state index contributed by atoms with van der Waals surface area (Å²) in [5.74, 6) is 1.76. The highest BCUT2D eigenvalue weighted by Crippen LogP contribution is 2.39. The molecule has 1 aliphatic rings. The van der Waals surface area contributed by atoms with Gasteiger partial charge in [-0.3, -0.25) is 4.90 Å². The Labute approximate surface area is 119 Å². The molecule has 1 heterocycles. The third-order valence-electron chi connectivity index (χ3n) is 3.24. The largest absolute Gasteiger partial charge is 0.493 e. The number of rotatable bonds is 6. The third kappa shape index (κ3) is 3.68. The molecule has 1 fully saturated rings. The number of anilines is 1. The van der Waals surface area contributed by atoms with Gasteiger partial charge in [-0.2, -0.15) is 0 Å². The van der Waals surface area contributed by atoms with Crippen LogP contribution in [0.2, 0.25) is 0 Å². The average Bonchev–Trinajstić information content (AvgIpc) is 2.47. The lowest BCUT2D eigenvalue weighted by molar-refractivity contribution is 0.0321. The van der Waals surface area contributed by atoms with Gasteiger partial charge >= 0.3 is 0 Å². The van der Waals surface area contributed by atoms with Crippen LogP contribution in [0, 0.1) is 0 Å². The highest BCUT2D eigenvalue weighted by molar-refractivity contribution is 5.60. The zero-order chi connectivity index (χ0) is 14.4. The normalized spacial score (nSPS) is 15.9. The summed E-state index contributed by atoms with van der Waals surface area (Å²) < 4.78 is 21.7. The van der Waals surface area contributed by atoms with Gasteiger partial charge in [0.1, 0.15) is 6.61 Å². The molecule has 1 aliphatic heterocycles. The van der Waals surface area contributed by atoms with Crippen LogP contribution in [0.4, 0.5) is 5.69 Å². The third-order valence-corrected chi connectivity index (χ3v) is 3.24. The van der Waals surface area contributed by atoms with E-state index in [-0.39, 0.29) is 0 Å². The van der Waals surface area contributed by atoms with Crippen molar-refractivity contribution in [2.24, 2.45) is 0 Å². The average molecular weight is 282 g/mol. The molecule has 0 saturated carbocycles. The Kier molecular flexibility index (Phi) is 5.31. The van der Waals surface area contributed by atoms with Crippen LogP contribution in [0.3, 0.4) is 0 Å². The molecule has 1 aromatic carbocycles. The molecule has 0 aromatic heterocycles. The molecule has 112 valence electrons. The fourth-order valence-corrected chi connectivity index (χ4v) is 2.17. The highest BCUT2D eigenvalue weighted by atomic mass is 16.5. The maximum Gasteiger partial charge on any atom is 0.203 e. The molecular formula is C14H22N2O4. The van der Waals surface area contributed by atoms with E-state index in [0.717, 1.165) is 32.8 Å². The SMILES string of the molecule is COc1cc(N)cc(OCCN2CCOCC2)c1OC. The lowest BCUT2D eigenvalue weighted by Crippen LogP contribution is -2.38. The molecule has 0 amide bonds. The second-order valence-corrected chi connectivity index (χ2v) is 4.56. The van der Waals surface area contributed by atoms with E-state index in [4.69, 9.17) is 24.7 Å². The van der Waals surface area contributed by atoms with Gasteiger partial charge in [-0.05, 0) is 0 Å². The molecule has 0 aliphatic carbocycles. The first-order valence-electron chi connectivity index (χ1n) is 6.69. The minimum Gasteiger partial charge on any atom is -0.493 e. The summed E-state index contributed by atoms with van der Waals surface area (Å²) in [4.78, 5) is 2.31. The summed E-state index contributed by atoms with van der Waals surface area (Å²) in [6, 6.07) is 3.47. The van der Waals surface area contributed by atoms with Gasteiger partial charge in [0, 0.05) is 37.5 Å². The Hall–Kier alpha value is -1.66. The molecule has 1 saturated heterocycles. The molecule has 6 nitrogen and oxygen atoms in total. The van der Waals surface area contributed by atoms with Gasteiger partial charge in [0.25, 0.3) is 0 Å². The van der Waals surface area contributed by atoms with Crippen molar-refractivity contribution in [2.75, 3.05) is 59.4 Å². The summed E-state index contributed by atoms with van der Waals surface area (Å²) in [6.07, 6.45) is 0. The fourth-order valence-electron chi connectivity index (χ4n) is 2.17. The lowest BCUT2D eigenvalue weighted by atomic mass is 10.2. The molecule has 1 aromatic rings. The van der Waals surface area contributed by atoms with Crippen LogP contribution in [-0.2, 0) is 4.74 Å². The number of methoxy groups -OCH3 is 2. The second-order valence-electron chi connectivity index (χ2n) is 4.56. The molecule has 0 atom stereocenters. The van der Waals surface area contributed by atoms with Crippen molar-refractivity contribution in [1.82, 2.24) is 4.90 Å². The van der Waals surface area contributed by atoms with Gasteiger partial charge < -0.3 is 24.7 Å². The van der Waals surface area contributed by atoms with Gasteiger partial charge in [0.05, 0.1) is 27.4 Å². The van der Waals surface area contributed by atoms with Crippen LogP contribution >= 0.6 is 0 Å². The summed E-state index contributed by atoms with van der Waals surface area (Å²) >= 11 is 0. The first-order chi connectivity index (χ1) is 9.74. The summed E-state index contributed by atoms with van der Waals surface area (Å²) in [5, 5.41) is 0. The van der Waals surface area contributed by atoms with Crippen molar-refractivity contribution in [1.29, 1.82) is 0 Å². The molecule has 2 N–H and O–H groups in total. The highest BCUT2D eigenvalue weighted by Gasteiger charge is 2.14. The van der Waals surface area contributed by atoms with Crippen molar-refractivity contribution in [2.45, 2.75) is 0 Å². The maximum atomic E-state index is 5.83. The first-order valence-corrected chi connectivity index (χ1v) is 6.69. The Bertz CT molecular complexity index is 433. The zero-order valence-corrected chi connectivity index (χ0v) is 12.1. The number of hydrogen-bond donors (Lipinski definition) is 1. The Balaban J connectivity index is 1.95. The van der Waals surface area contributed by atoms with Crippen LogP contribution < -0.4 is 19.9 Å². The summed E-state index contributed by atoms with van der Waals surface area (Å²) in [7, 11) is 3.16. The maximum absolute atomic E-state index is 5.83. The number of nitrogen functional groups attached to an aromatic ring is 1. The van der Waals surface area contributed by atoms with E-state index in [1.54, 1.807) is 26.4 Å². The van der Waals surface area contributed by atoms with Crippen LogP contribution in [0.1, 0.15) is 0 Å². The van der Waals surface area contributed by atoms with Crippen LogP contribution in [-0.4, -0.2) is 58.6 Å². The molecule has 0 spiro atoms. The van der Waals surface area contributed by atoms with Gasteiger partial charge in [-0.1, -0.05) is 0 Å². The Morgan fingerprint density at radius 1 is 1.15 bits per heavy atom. The van der Waals surface area contributed by atoms with Gasteiger partial charge in [0.2, 0.25) is 5.75 Å². The van der Waals surface area contributed by atoms with Crippen LogP contribution in [0.15, 0.2) is 12.1 Å². The minimum absolute atomic E-state index is 0.572. The number of nitrogens with zero attached hydrogens (tertiary/aromatic N) is 1. The fraction of sp³-hybridized carbons (Fsp3) is 0.571. The van der Waals surface area contributed by atoms with E-state index in [2.05, 4.69) is 4.90 Å². The minimum atomic E-state index is 0.572. The molecule has 20 heavy (non-hydrogen) atoms. The molecule has 6 heteroatoms. The summed E-state index contributed by atoms with van der Waals surface area (Å²) in [6.45, 7) is 4.89. The van der Waals surface area contributed by atoms with Crippen molar-refractivity contribution in [3.8, 4) is 17.2 Å². The van der Waals surface area contributed by atoms with E-state index < -0.39 is 0 Å². The van der Waals surface area contributed by atoms with Gasteiger partial charge in [0.15, 0.2) is 11.5 Å². The Morgan fingerprint density at radius 3 is 2.50 bits per heavy atom. The van der Waals surface area contributed by atoms with Crippen LogP contribution in [0.5, 0.6) is 17.2 Å². The number of hydrogen-bond acceptors (Lipinski definition) is 6. The molecular weight excluding hydrogens is 260 g/mol. The predicted octanol–water partition coefficient (Wildman–Crippen LogP) is 0.997. The zero-order valence-electron chi connectivity index (χ0n) is 12.1. The van der Waals surface area contributed by atoms with E-state index in [1.807, 2.05) is 0 Å². The van der Waals surface area contributed by atoms with Crippen molar-refractivity contribution >= 4 is 5.69 Å². The van der Waals surface area contributed by atoms with Crippen molar-refractivity contribution in [3.63, 3.8) is 0 Å². The van der Waals surface area contributed by atoms with Crippen LogP contribution in [0.25, 0.3) is 0 Å². The molecule has 0 unspecified atom stereocenters. The number of nitrogens with two attached hydrogens (primary N) is 1. The predicted molar refractivity (Wildman–Crippen MR) is 76.7 cm³/mol. The second kappa shape index (κ2) is 7.21. The van der Waals surface area contributed by atoms with Crippen molar-refractivity contribution < 1.29 is 18.9 Å². The van der Waals surface area contributed by atoms with Gasteiger partial charge in [-0.25, -0.2) is 0 Å². The smallest absolute Gasteiger partial charge is 0.203 e. The van der Waals surface area contributed by atoms with Crippen molar-refractivity contribution in [3.05, 3.63) is 12.1 Å². The quantitative estimate of drug-likeness (QED) is 0.785. The Morgan fingerprint density at radius 2 is 1.85 bits per heavy atom. The monoisotopic (exact) mass is 282 g/mol. The summed E-state index contributed by atoms with van der Waals surface area (Å²) in [5.41, 5.74) is 6.42. The molecule has 0 bridgehead atoms. The van der Waals surface area contributed by atoms with Gasteiger partial charge in [-0.15, -0.1) is 0 Å². The standard InChI is InChI=1S/C14H22N2O4/c1-17-12-9-11(15)10-13(14(12)18-2)20-8-5-16-3-6-19-7-4-16/h9-10H,3-8,15H2,1-2H3. The molecule has 0 radical (unpaired) electrons.